The fourth-order valence-electron chi connectivity index (χ4n) is 0.963. The van der Waals surface area contributed by atoms with E-state index in [1.165, 1.54) is 18.7 Å². The second-order valence-corrected chi connectivity index (χ2v) is 4.42. The van der Waals surface area contributed by atoms with Gasteiger partial charge < -0.3 is 15.2 Å². The van der Waals surface area contributed by atoms with Crippen LogP contribution in [0.1, 0.15) is 6.92 Å². The number of thioether (sulfide) groups is 1. The molecule has 1 fully saturated rings. The SMILES string of the molecule is CC(=O)NC(CSC1COC1)C(=O)O. The Kier molecular flexibility index (Phi) is 4.21. The third-order valence-corrected chi connectivity index (χ3v) is 3.05. The summed E-state index contributed by atoms with van der Waals surface area (Å²) in [6, 6.07) is -0.793. The molecule has 2 N–H and O–H groups in total. The lowest BCUT2D eigenvalue weighted by atomic mass is 10.3. The number of carboxylic acids is 1. The van der Waals surface area contributed by atoms with E-state index in [4.69, 9.17) is 9.84 Å². The van der Waals surface area contributed by atoms with Crippen molar-refractivity contribution < 1.29 is 19.4 Å². The molecule has 0 bridgehead atoms. The van der Waals surface area contributed by atoms with Gasteiger partial charge in [0.15, 0.2) is 0 Å². The van der Waals surface area contributed by atoms with Crippen LogP contribution in [0.15, 0.2) is 0 Å². The standard InChI is InChI=1S/C8H13NO4S/c1-5(10)9-7(8(11)12)4-14-6-2-13-3-6/h6-7H,2-4H2,1H3,(H,9,10)(H,11,12). The minimum absolute atomic E-state index is 0.317. The van der Waals surface area contributed by atoms with Crippen LogP contribution in [0.2, 0.25) is 0 Å². The highest BCUT2D eigenvalue weighted by Crippen LogP contribution is 2.19. The van der Waals surface area contributed by atoms with Crippen LogP contribution in [-0.4, -0.2) is 47.2 Å². The van der Waals surface area contributed by atoms with E-state index in [0.717, 1.165) is 0 Å². The zero-order valence-corrected chi connectivity index (χ0v) is 8.67. The Labute approximate surface area is 86.2 Å². The Hall–Kier alpha value is -0.750. The molecule has 1 aliphatic heterocycles. The number of carboxylic acid groups (broad SMARTS) is 1. The first-order valence-corrected chi connectivity index (χ1v) is 5.33. The Morgan fingerprint density at radius 2 is 2.29 bits per heavy atom. The number of rotatable bonds is 5. The smallest absolute Gasteiger partial charge is 0.327 e. The average Bonchev–Trinajstić information content (AvgIpc) is 1.98. The topological polar surface area (TPSA) is 75.6 Å². The van der Waals surface area contributed by atoms with Crippen LogP contribution in [0.25, 0.3) is 0 Å². The van der Waals surface area contributed by atoms with Gasteiger partial charge in [0.25, 0.3) is 0 Å². The summed E-state index contributed by atoms with van der Waals surface area (Å²) < 4.78 is 4.95. The molecule has 0 aromatic heterocycles. The van der Waals surface area contributed by atoms with Crippen molar-refractivity contribution >= 4 is 23.6 Å². The molecule has 1 heterocycles. The molecule has 0 aromatic rings. The number of ether oxygens (including phenoxy) is 1. The quantitative estimate of drug-likeness (QED) is 0.664. The maximum Gasteiger partial charge on any atom is 0.327 e. The molecule has 0 saturated carbocycles. The zero-order chi connectivity index (χ0) is 10.6. The highest BCUT2D eigenvalue weighted by atomic mass is 32.2. The van der Waals surface area contributed by atoms with Crippen LogP contribution in [0, 0.1) is 0 Å². The van der Waals surface area contributed by atoms with Crippen molar-refractivity contribution in [2.24, 2.45) is 0 Å². The number of aliphatic carboxylic acids is 1. The Balaban J connectivity index is 2.26. The molecule has 1 amide bonds. The van der Waals surface area contributed by atoms with Gasteiger partial charge in [-0.15, -0.1) is 0 Å². The van der Waals surface area contributed by atoms with Gasteiger partial charge in [0, 0.05) is 12.7 Å². The van der Waals surface area contributed by atoms with Crippen LogP contribution in [0.3, 0.4) is 0 Å². The van der Waals surface area contributed by atoms with Gasteiger partial charge in [-0.05, 0) is 0 Å². The zero-order valence-electron chi connectivity index (χ0n) is 7.86. The third-order valence-electron chi connectivity index (χ3n) is 1.78. The van der Waals surface area contributed by atoms with Crippen molar-refractivity contribution in [1.29, 1.82) is 0 Å². The fraction of sp³-hybridized carbons (Fsp3) is 0.750. The van der Waals surface area contributed by atoms with Crippen LogP contribution in [-0.2, 0) is 14.3 Å². The van der Waals surface area contributed by atoms with Gasteiger partial charge in [-0.3, -0.25) is 4.79 Å². The summed E-state index contributed by atoms with van der Waals surface area (Å²) >= 11 is 1.52. The van der Waals surface area contributed by atoms with E-state index in [2.05, 4.69) is 5.32 Å². The monoisotopic (exact) mass is 219 g/mol. The second-order valence-electron chi connectivity index (χ2n) is 3.08. The number of hydrogen-bond acceptors (Lipinski definition) is 4. The van der Waals surface area contributed by atoms with Gasteiger partial charge in [0.1, 0.15) is 6.04 Å². The predicted octanol–water partition coefficient (Wildman–Crippen LogP) is -0.292. The molecule has 1 saturated heterocycles. The van der Waals surface area contributed by atoms with Crippen molar-refractivity contribution in [3.05, 3.63) is 0 Å². The second kappa shape index (κ2) is 5.21. The van der Waals surface area contributed by atoms with E-state index in [1.54, 1.807) is 0 Å². The third kappa shape index (κ3) is 3.55. The number of hydrogen-bond donors (Lipinski definition) is 2. The van der Waals surface area contributed by atoms with Crippen molar-refractivity contribution in [3.63, 3.8) is 0 Å². The summed E-state index contributed by atoms with van der Waals surface area (Å²) in [6.07, 6.45) is 0. The Bertz CT molecular complexity index is 229. The molecule has 0 radical (unpaired) electrons. The van der Waals surface area contributed by atoms with Crippen LogP contribution >= 0.6 is 11.8 Å². The van der Waals surface area contributed by atoms with E-state index in [1.807, 2.05) is 0 Å². The van der Waals surface area contributed by atoms with E-state index in [-0.39, 0.29) is 5.91 Å². The summed E-state index contributed by atoms with van der Waals surface area (Å²) in [4.78, 5) is 21.4. The molecule has 14 heavy (non-hydrogen) atoms. The number of carbonyl (C=O) groups is 2. The van der Waals surface area contributed by atoms with Crippen molar-refractivity contribution in [3.8, 4) is 0 Å². The Morgan fingerprint density at radius 1 is 1.64 bits per heavy atom. The molecule has 1 unspecified atom stereocenters. The van der Waals surface area contributed by atoms with E-state index in [0.29, 0.717) is 24.2 Å². The van der Waals surface area contributed by atoms with Crippen molar-refractivity contribution in [2.75, 3.05) is 19.0 Å². The average molecular weight is 219 g/mol. The minimum Gasteiger partial charge on any atom is -0.480 e. The predicted molar refractivity (Wildman–Crippen MR) is 52.3 cm³/mol. The van der Waals surface area contributed by atoms with E-state index in [9.17, 15) is 9.59 Å². The summed E-state index contributed by atoms with van der Waals surface area (Å²) in [7, 11) is 0. The van der Waals surface area contributed by atoms with Gasteiger partial charge in [0.05, 0.1) is 18.5 Å². The van der Waals surface area contributed by atoms with Crippen LogP contribution < -0.4 is 5.32 Å². The van der Waals surface area contributed by atoms with Crippen molar-refractivity contribution in [1.82, 2.24) is 5.32 Å². The summed E-state index contributed by atoms with van der Waals surface area (Å²) in [6.45, 7) is 2.67. The molecule has 1 atom stereocenters. The lowest BCUT2D eigenvalue weighted by Gasteiger charge is -2.26. The van der Waals surface area contributed by atoms with Gasteiger partial charge in [-0.1, -0.05) is 0 Å². The molecule has 0 aliphatic carbocycles. The van der Waals surface area contributed by atoms with Crippen LogP contribution in [0.5, 0.6) is 0 Å². The first-order valence-electron chi connectivity index (χ1n) is 4.29. The normalized spacial score (nSPS) is 18.4. The molecule has 6 heteroatoms. The maximum atomic E-state index is 10.7. The first-order chi connectivity index (χ1) is 6.59. The molecular weight excluding hydrogens is 206 g/mol. The molecule has 5 nitrogen and oxygen atoms in total. The number of amides is 1. The minimum atomic E-state index is -0.993. The van der Waals surface area contributed by atoms with Gasteiger partial charge in [0.2, 0.25) is 5.91 Å². The summed E-state index contributed by atoms with van der Waals surface area (Å²) in [5.41, 5.74) is 0. The molecular formula is C8H13NO4S. The van der Waals surface area contributed by atoms with Crippen LogP contribution in [0.4, 0.5) is 0 Å². The van der Waals surface area contributed by atoms with Gasteiger partial charge in [-0.25, -0.2) is 4.79 Å². The summed E-state index contributed by atoms with van der Waals surface area (Å²) in [5, 5.41) is 11.5. The van der Waals surface area contributed by atoms with E-state index < -0.39 is 12.0 Å². The maximum absolute atomic E-state index is 10.7. The largest absolute Gasteiger partial charge is 0.480 e. The fourth-order valence-corrected chi connectivity index (χ4v) is 2.04. The number of nitrogens with one attached hydrogen (secondary N) is 1. The molecule has 80 valence electrons. The van der Waals surface area contributed by atoms with Crippen molar-refractivity contribution in [2.45, 2.75) is 18.2 Å². The summed E-state index contributed by atoms with van der Waals surface area (Å²) in [5.74, 6) is -0.918. The highest BCUT2D eigenvalue weighted by Gasteiger charge is 2.24. The first kappa shape index (κ1) is 11.3. The molecule has 0 aromatic carbocycles. The van der Waals surface area contributed by atoms with Gasteiger partial charge >= 0.3 is 5.97 Å². The highest BCUT2D eigenvalue weighted by molar-refractivity contribution is 8.00. The molecule has 1 rings (SSSR count). The Morgan fingerprint density at radius 3 is 2.64 bits per heavy atom. The molecule has 0 spiro atoms. The number of carbonyl (C=O) groups excluding carboxylic acids is 1. The van der Waals surface area contributed by atoms with Gasteiger partial charge in [-0.2, -0.15) is 11.8 Å². The van der Waals surface area contributed by atoms with E-state index >= 15 is 0 Å². The lowest BCUT2D eigenvalue weighted by molar-refractivity contribution is -0.140. The molecule has 1 aliphatic rings. The lowest BCUT2D eigenvalue weighted by Crippen LogP contribution is -2.43.